The molecule has 0 aliphatic carbocycles. The first-order valence-electron chi connectivity index (χ1n) is 5.31. The number of hydrogen-bond acceptors (Lipinski definition) is 2. The van der Waals surface area contributed by atoms with Gasteiger partial charge in [-0.05, 0) is 30.9 Å². The Kier molecular flexibility index (Phi) is 4.11. The minimum Gasteiger partial charge on any atom is -0.338 e. The number of thiophene rings is 1. The molecule has 2 heterocycles. The summed E-state index contributed by atoms with van der Waals surface area (Å²) >= 11 is 13.0. The van der Waals surface area contributed by atoms with Crippen LogP contribution in [-0.2, 0) is 0 Å². The number of halogens is 2. The Bertz CT molecular complexity index is 372. The van der Waals surface area contributed by atoms with Crippen LogP contribution in [0.5, 0.6) is 0 Å². The minimum absolute atomic E-state index is 0.102. The Labute approximate surface area is 109 Å². The molecule has 0 radical (unpaired) electrons. The molecule has 88 valence electrons. The van der Waals surface area contributed by atoms with Crippen LogP contribution in [0.1, 0.15) is 22.5 Å². The van der Waals surface area contributed by atoms with Crippen LogP contribution in [0.4, 0.5) is 0 Å². The van der Waals surface area contributed by atoms with E-state index < -0.39 is 0 Å². The van der Waals surface area contributed by atoms with Crippen molar-refractivity contribution in [3.8, 4) is 0 Å². The van der Waals surface area contributed by atoms with Crippen molar-refractivity contribution in [1.82, 2.24) is 4.90 Å². The van der Waals surface area contributed by atoms with Crippen LogP contribution in [-0.4, -0.2) is 29.8 Å². The molecule has 0 N–H and O–H groups in total. The largest absolute Gasteiger partial charge is 0.338 e. The molecule has 1 aliphatic rings. The molecule has 0 bridgehead atoms. The van der Waals surface area contributed by atoms with Gasteiger partial charge >= 0.3 is 0 Å². The van der Waals surface area contributed by atoms with E-state index in [9.17, 15) is 4.79 Å². The highest BCUT2D eigenvalue weighted by Gasteiger charge is 2.23. The molecule has 0 spiro atoms. The highest BCUT2D eigenvalue weighted by molar-refractivity contribution is 7.17. The van der Waals surface area contributed by atoms with E-state index >= 15 is 0 Å². The molecule has 1 fully saturated rings. The van der Waals surface area contributed by atoms with Crippen molar-refractivity contribution in [1.29, 1.82) is 0 Å². The molecule has 0 unspecified atom stereocenters. The van der Waals surface area contributed by atoms with Gasteiger partial charge in [-0.2, -0.15) is 0 Å². The van der Waals surface area contributed by atoms with Crippen molar-refractivity contribution in [2.45, 2.75) is 12.8 Å². The van der Waals surface area contributed by atoms with Gasteiger partial charge in [-0.25, -0.2) is 0 Å². The summed E-state index contributed by atoms with van der Waals surface area (Å²) < 4.78 is 0.666. The van der Waals surface area contributed by atoms with Crippen LogP contribution in [0.2, 0.25) is 4.34 Å². The van der Waals surface area contributed by atoms with Crippen LogP contribution in [0.3, 0.4) is 0 Å². The van der Waals surface area contributed by atoms with Crippen LogP contribution in [0.15, 0.2) is 12.1 Å². The number of rotatable bonds is 2. The number of piperidine rings is 1. The van der Waals surface area contributed by atoms with Gasteiger partial charge in [-0.3, -0.25) is 4.79 Å². The quantitative estimate of drug-likeness (QED) is 0.758. The van der Waals surface area contributed by atoms with Gasteiger partial charge in [-0.15, -0.1) is 22.9 Å². The maximum absolute atomic E-state index is 12.1. The molecule has 0 atom stereocenters. The van der Waals surface area contributed by atoms with E-state index in [4.69, 9.17) is 23.2 Å². The van der Waals surface area contributed by atoms with Gasteiger partial charge in [0.15, 0.2) is 0 Å². The third-order valence-corrected chi connectivity index (χ3v) is 4.56. The van der Waals surface area contributed by atoms with E-state index in [2.05, 4.69) is 0 Å². The standard InChI is InChI=1S/C11H13Cl2NOS/c12-7-8-3-5-14(6-4-8)11(15)9-1-2-10(13)16-9/h1-2,8H,3-7H2. The monoisotopic (exact) mass is 277 g/mol. The lowest BCUT2D eigenvalue weighted by molar-refractivity contribution is 0.0703. The summed E-state index contributed by atoms with van der Waals surface area (Å²) in [4.78, 5) is 14.7. The zero-order valence-corrected chi connectivity index (χ0v) is 11.1. The second-order valence-corrected chi connectivity index (χ2v) is 6.02. The first kappa shape index (κ1) is 12.2. The van der Waals surface area contributed by atoms with E-state index in [0.29, 0.717) is 16.1 Å². The highest BCUT2D eigenvalue weighted by atomic mass is 35.5. The SMILES string of the molecule is O=C(c1ccc(Cl)s1)N1CCC(CCl)CC1. The van der Waals surface area contributed by atoms with Crippen LogP contribution in [0, 0.1) is 5.92 Å². The fourth-order valence-corrected chi connectivity index (χ4v) is 3.20. The zero-order chi connectivity index (χ0) is 11.5. The molecule has 2 rings (SSSR count). The zero-order valence-electron chi connectivity index (χ0n) is 8.79. The van der Waals surface area contributed by atoms with Gasteiger partial charge in [0.05, 0.1) is 9.21 Å². The molecule has 2 nitrogen and oxygen atoms in total. The summed E-state index contributed by atoms with van der Waals surface area (Å²) in [6.45, 7) is 1.62. The molecule has 0 aromatic carbocycles. The third kappa shape index (κ3) is 2.70. The Hall–Kier alpha value is -0.250. The average Bonchev–Trinajstić information content (AvgIpc) is 2.75. The molecular formula is C11H13Cl2NOS. The smallest absolute Gasteiger partial charge is 0.263 e. The van der Waals surface area contributed by atoms with Crippen molar-refractivity contribution in [3.63, 3.8) is 0 Å². The molecule has 1 aromatic heterocycles. The Balaban J connectivity index is 1.96. The lowest BCUT2D eigenvalue weighted by Gasteiger charge is -2.30. The van der Waals surface area contributed by atoms with Gasteiger partial charge in [0, 0.05) is 19.0 Å². The predicted molar refractivity (Wildman–Crippen MR) is 68.7 cm³/mol. The van der Waals surface area contributed by atoms with Crippen molar-refractivity contribution >= 4 is 40.4 Å². The van der Waals surface area contributed by atoms with Gasteiger partial charge in [0.25, 0.3) is 5.91 Å². The third-order valence-electron chi connectivity index (χ3n) is 2.90. The molecule has 1 saturated heterocycles. The number of carbonyl (C=O) groups excluding carboxylic acids is 1. The summed E-state index contributed by atoms with van der Waals surface area (Å²) in [5.74, 6) is 1.37. The molecule has 1 aromatic rings. The topological polar surface area (TPSA) is 20.3 Å². The number of likely N-dealkylation sites (tertiary alicyclic amines) is 1. The van der Waals surface area contributed by atoms with Crippen LogP contribution < -0.4 is 0 Å². The normalized spacial score (nSPS) is 17.8. The Morgan fingerprint density at radius 3 is 2.62 bits per heavy atom. The van der Waals surface area contributed by atoms with Gasteiger partial charge < -0.3 is 4.90 Å². The van der Waals surface area contributed by atoms with Crippen molar-refractivity contribution in [2.75, 3.05) is 19.0 Å². The fraction of sp³-hybridized carbons (Fsp3) is 0.545. The maximum Gasteiger partial charge on any atom is 0.263 e. The predicted octanol–water partition coefficient (Wildman–Crippen LogP) is 3.49. The summed E-state index contributed by atoms with van der Waals surface area (Å²) in [7, 11) is 0. The molecule has 0 saturated carbocycles. The molecule has 1 amide bonds. The van der Waals surface area contributed by atoms with Gasteiger partial charge in [0.1, 0.15) is 0 Å². The van der Waals surface area contributed by atoms with Gasteiger partial charge in [0.2, 0.25) is 0 Å². The fourth-order valence-electron chi connectivity index (χ4n) is 1.88. The summed E-state index contributed by atoms with van der Waals surface area (Å²) in [6, 6.07) is 3.56. The number of carbonyl (C=O) groups is 1. The molecule has 5 heteroatoms. The van der Waals surface area contributed by atoms with E-state index in [0.717, 1.165) is 30.8 Å². The van der Waals surface area contributed by atoms with Gasteiger partial charge in [-0.1, -0.05) is 11.6 Å². The summed E-state index contributed by atoms with van der Waals surface area (Å²) in [6.07, 6.45) is 2.02. The Morgan fingerprint density at radius 2 is 2.12 bits per heavy atom. The van der Waals surface area contributed by atoms with Crippen molar-refractivity contribution in [2.24, 2.45) is 5.92 Å². The van der Waals surface area contributed by atoms with Crippen molar-refractivity contribution in [3.05, 3.63) is 21.3 Å². The summed E-state index contributed by atoms with van der Waals surface area (Å²) in [5, 5.41) is 0. The molecule has 1 aliphatic heterocycles. The second kappa shape index (κ2) is 5.39. The second-order valence-electron chi connectivity index (χ2n) is 3.99. The first-order chi connectivity index (χ1) is 7.70. The Morgan fingerprint density at radius 1 is 1.44 bits per heavy atom. The summed E-state index contributed by atoms with van der Waals surface area (Å²) in [5.41, 5.74) is 0. The van der Waals surface area contributed by atoms with E-state index in [-0.39, 0.29) is 5.91 Å². The highest BCUT2D eigenvalue weighted by Crippen LogP contribution is 2.25. The maximum atomic E-state index is 12.1. The lowest BCUT2D eigenvalue weighted by atomic mass is 9.99. The van der Waals surface area contributed by atoms with Crippen LogP contribution in [0.25, 0.3) is 0 Å². The number of amides is 1. The van der Waals surface area contributed by atoms with Crippen LogP contribution >= 0.6 is 34.5 Å². The van der Waals surface area contributed by atoms with E-state index in [1.807, 2.05) is 4.90 Å². The number of hydrogen-bond donors (Lipinski definition) is 0. The van der Waals surface area contributed by atoms with E-state index in [1.54, 1.807) is 12.1 Å². The molecule has 16 heavy (non-hydrogen) atoms. The van der Waals surface area contributed by atoms with E-state index in [1.165, 1.54) is 11.3 Å². The van der Waals surface area contributed by atoms with Crippen molar-refractivity contribution < 1.29 is 4.79 Å². The minimum atomic E-state index is 0.102. The number of alkyl halides is 1. The lowest BCUT2D eigenvalue weighted by Crippen LogP contribution is -2.38. The first-order valence-corrected chi connectivity index (χ1v) is 7.04. The number of nitrogens with zero attached hydrogens (tertiary/aromatic N) is 1. The average molecular weight is 278 g/mol. The molecular weight excluding hydrogens is 265 g/mol.